The maximum Gasteiger partial charge on any atom is 0.273 e. The highest BCUT2D eigenvalue weighted by Crippen LogP contribution is 2.17. The molecule has 138 valence electrons. The van der Waals surface area contributed by atoms with Crippen LogP contribution in [-0.2, 0) is 0 Å². The van der Waals surface area contributed by atoms with E-state index in [1.807, 2.05) is 37.3 Å². The quantitative estimate of drug-likeness (QED) is 0.462. The van der Waals surface area contributed by atoms with Crippen molar-refractivity contribution in [2.45, 2.75) is 13.8 Å². The number of nitrogens with zero attached hydrogens (tertiary/aromatic N) is 2. The molecule has 0 fully saturated rings. The standard InChI is InChI=1S/C19H18ClN5OS/c1-12-17(13(2)25(24-12)16-6-4-3-5-7-16)18(26)22-23-19(27)21-15-10-8-14(20)9-11-15/h3-11H,1-2H3,(H,22,26)(H2,21,23,27). The number of carbonyl (C=O) groups excluding carboxylic acids is 1. The summed E-state index contributed by atoms with van der Waals surface area (Å²) in [5.41, 5.74) is 8.83. The number of nitrogens with one attached hydrogen (secondary N) is 3. The van der Waals surface area contributed by atoms with E-state index >= 15 is 0 Å². The number of hydrogen-bond acceptors (Lipinski definition) is 3. The fraction of sp³-hybridized carbons (Fsp3) is 0.105. The van der Waals surface area contributed by atoms with Crippen LogP contribution in [0.25, 0.3) is 5.69 Å². The second-order valence-electron chi connectivity index (χ2n) is 5.83. The summed E-state index contributed by atoms with van der Waals surface area (Å²) in [7, 11) is 0. The lowest BCUT2D eigenvalue weighted by molar-refractivity contribution is 0.0943. The van der Waals surface area contributed by atoms with Crippen LogP contribution in [0.4, 0.5) is 5.69 Å². The Kier molecular flexibility index (Phi) is 5.73. The molecule has 6 nitrogen and oxygen atoms in total. The van der Waals surface area contributed by atoms with E-state index in [0.29, 0.717) is 16.3 Å². The van der Waals surface area contributed by atoms with Gasteiger partial charge in [-0.2, -0.15) is 5.10 Å². The molecule has 1 aromatic heterocycles. The third-order valence-electron chi connectivity index (χ3n) is 3.91. The van der Waals surface area contributed by atoms with Crippen molar-refractivity contribution < 1.29 is 4.79 Å². The summed E-state index contributed by atoms with van der Waals surface area (Å²) < 4.78 is 1.74. The zero-order valence-corrected chi connectivity index (χ0v) is 16.4. The average molecular weight is 400 g/mol. The zero-order chi connectivity index (χ0) is 19.4. The monoisotopic (exact) mass is 399 g/mol. The number of anilines is 1. The predicted molar refractivity (Wildman–Crippen MR) is 111 cm³/mol. The molecule has 0 radical (unpaired) electrons. The third kappa shape index (κ3) is 4.45. The first-order chi connectivity index (χ1) is 13.0. The molecule has 0 saturated heterocycles. The Hall–Kier alpha value is -2.90. The van der Waals surface area contributed by atoms with Gasteiger partial charge in [0.25, 0.3) is 5.91 Å². The van der Waals surface area contributed by atoms with Crippen molar-refractivity contribution in [2.75, 3.05) is 5.32 Å². The Bertz CT molecular complexity index is 970. The number of rotatable bonds is 3. The largest absolute Gasteiger partial charge is 0.331 e. The Balaban J connectivity index is 1.67. The molecule has 0 spiro atoms. The van der Waals surface area contributed by atoms with Gasteiger partial charge in [-0.3, -0.25) is 15.6 Å². The molecule has 0 atom stereocenters. The lowest BCUT2D eigenvalue weighted by atomic mass is 10.2. The van der Waals surface area contributed by atoms with Crippen LogP contribution >= 0.6 is 23.8 Å². The minimum absolute atomic E-state index is 0.261. The number of hydrazine groups is 1. The van der Waals surface area contributed by atoms with Crippen LogP contribution in [0.3, 0.4) is 0 Å². The summed E-state index contributed by atoms with van der Waals surface area (Å²) in [6.45, 7) is 3.65. The van der Waals surface area contributed by atoms with Crippen LogP contribution in [0.15, 0.2) is 54.6 Å². The van der Waals surface area contributed by atoms with Gasteiger partial charge in [0.1, 0.15) is 0 Å². The molecule has 0 aliphatic rings. The highest BCUT2D eigenvalue weighted by molar-refractivity contribution is 7.80. The highest BCUT2D eigenvalue weighted by atomic mass is 35.5. The van der Waals surface area contributed by atoms with E-state index < -0.39 is 0 Å². The minimum Gasteiger partial charge on any atom is -0.331 e. The molecule has 2 aromatic carbocycles. The van der Waals surface area contributed by atoms with Gasteiger partial charge in [0.15, 0.2) is 5.11 Å². The first kappa shape index (κ1) is 18.9. The summed E-state index contributed by atoms with van der Waals surface area (Å²) in [4.78, 5) is 12.6. The molecular weight excluding hydrogens is 382 g/mol. The number of carbonyl (C=O) groups is 1. The van der Waals surface area contributed by atoms with Crippen LogP contribution in [-0.4, -0.2) is 20.8 Å². The van der Waals surface area contributed by atoms with E-state index in [1.54, 1.807) is 35.9 Å². The van der Waals surface area contributed by atoms with Crippen molar-refractivity contribution in [1.82, 2.24) is 20.6 Å². The Labute approximate surface area is 167 Å². The van der Waals surface area contributed by atoms with Crippen molar-refractivity contribution in [3.05, 3.63) is 76.6 Å². The molecule has 1 amide bonds. The second kappa shape index (κ2) is 8.20. The van der Waals surface area contributed by atoms with Crippen molar-refractivity contribution in [2.24, 2.45) is 0 Å². The number of para-hydroxylation sites is 1. The van der Waals surface area contributed by atoms with Gasteiger partial charge in [-0.05, 0) is 62.5 Å². The fourth-order valence-corrected chi connectivity index (χ4v) is 2.96. The Morgan fingerprint density at radius 3 is 2.37 bits per heavy atom. The van der Waals surface area contributed by atoms with E-state index in [2.05, 4.69) is 21.3 Å². The molecule has 0 bridgehead atoms. The molecule has 1 heterocycles. The van der Waals surface area contributed by atoms with Crippen molar-refractivity contribution >= 4 is 40.5 Å². The first-order valence-corrected chi connectivity index (χ1v) is 8.99. The number of aromatic nitrogens is 2. The molecule has 3 N–H and O–H groups in total. The summed E-state index contributed by atoms with van der Waals surface area (Å²) in [6, 6.07) is 16.7. The van der Waals surface area contributed by atoms with E-state index in [0.717, 1.165) is 17.1 Å². The van der Waals surface area contributed by atoms with Gasteiger partial charge < -0.3 is 5.32 Å². The fourth-order valence-electron chi connectivity index (χ4n) is 2.66. The van der Waals surface area contributed by atoms with Crippen molar-refractivity contribution in [1.29, 1.82) is 0 Å². The summed E-state index contributed by atoms with van der Waals surface area (Å²) >= 11 is 11.0. The van der Waals surface area contributed by atoms with Gasteiger partial charge in [0.2, 0.25) is 0 Å². The smallest absolute Gasteiger partial charge is 0.273 e. The normalized spacial score (nSPS) is 10.3. The number of aryl methyl sites for hydroxylation is 1. The topological polar surface area (TPSA) is 71.0 Å². The van der Waals surface area contributed by atoms with Gasteiger partial charge >= 0.3 is 0 Å². The Morgan fingerprint density at radius 2 is 1.70 bits per heavy atom. The van der Waals surface area contributed by atoms with Gasteiger partial charge in [-0.1, -0.05) is 29.8 Å². The lowest BCUT2D eigenvalue weighted by Crippen LogP contribution is -2.44. The highest BCUT2D eigenvalue weighted by Gasteiger charge is 2.19. The van der Waals surface area contributed by atoms with Gasteiger partial charge in [0.05, 0.1) is 22.6 Å². The number of hydrogen-bond donors (Lipinski definition) is 3. The van der Waals surface area contributed by atoms with E-state index in [4.69, 9.17) is 23.8 Å². The number of thiocarbonyl (C=S) groups is 1. The van der Waals surface area contributed by atoms with Crippen LogP contribution in [0.2, 0.25) is 5.02 Å². The summed E-state index contributed by atoms with van der Waals surface area (Å²) in [5.74, 6) is -0.313. The average Bonchev–Trinajstić information content (AvgIpc) is 2.97. The van der Waals surface area contributed by atoms with E-state index in [9.17, 15) is 4.79 Å². The van der Waals surface area contributed by atoms with Gasteiger partial charge in [-0.25, -0.2) is 4.68 Å². The molecule has 3 rings (SSSR count). The lowest BCUT2D eigenvalue weighted by Gasteiger charge is -2.12. The number of halogens is 1. The Morgan fingerprint density at radius 1 is 1.04 bits per heavy atom. The van der Waals surface area contributed by atoms with Gasteiger partial charge in [0, 0.05) is 10.7 Å². The van der Waals surface area contributed by atoms with Gasteiger partial charge in [-0.15, -0.1) is 0 Å². The van der Waals surface area contributed by atoms with Crippen LogP contribution < -0.4 is 16.2 Å². The van der Waals surface area contributed by atoms with Crippen LogP contribution in [0, 0.1) is 13.8 Å². The number of benzene rings is 2. The minimum atomic E-state index is -0.313. The maximum atomic E-state index is 12.6. The third-order valence-corrected chi connectivity index (χ3v) is 4.37. The van der Waals surface area contributed by atoms with Crippen molar-refractivity contribution in [3.63, 3.8) is 0 Å². The second-order valence-corrected chi connectivity index (χ2v) is 6.68. The summed E-state index contributed by atoms with van der Waals surface area (Å²) in [5, 5.41) is 8.33. The molecule has 0 saturated carbocycles. The summed E-state index contributed by atoms with van der Waals surface area (Å²) in [6.07, 6.45) is 0. The zero-order valence-electron chi connectivity index (χ0n) is 14.8. The van der Waals surface area contributed by atoms with E-state index in [1.165, 1.54) is 0 Å². The van der Waals surface area contributed by atoms with Crippen LogP contribution in [0.5, 0.6) is 0 Å². The first-order valence-electron chi connectivity index (χ1n) is 8.20. The molecule has 8 heteroatoms. The predicted octanol–water partition coefficient (Wildman–Crippen LogP) is 3.77. The molecule has 27 heavy (non-hydrogen) atoms. The molecule has 0 aliphatic heterocycles. The SMILES string of the molecule is Cc1nn(-c2ccccc2)c(C)c1C(=O)NNC(=S)Nc1ccc(Cl)cc1. The number of amides is 1. The maximum absolute atomic E-state index is 12.6. The molecule has 0 unspecified atom stereocenters. The van der Waals surface area contributed by atoms with Crippen LogP contribution in [0.1, 0.15) is 21.7 Å². The van der Waals surface area contributed by atoms with Crippen molar-refractivity contribution in [3.8, 4) is 5.69 Å². The molecular formula is C19H18ClN5OS. The van der Waals surface area contributed by atoms with E-state index in [-0.39, 0.29) is 11.0 Å². The molecule has 3 aromatic rings. The molecule has 0 aliphatic carbocycles.